The van der Waals surface area contributed by atoms with Crippen LogP contribution in [0.15, 0.2) is 42.6 Å². The fraction of sp³-hybridized carbons (Fsp3) is 0.391. The van der Waals surface area contributed by atoms with Gasteiger partial charge in [0.1, 0.15) is 39.1 Å². The van der Waals surface area contributed by atoms with Gasteiger partial charge in [-0.15, -0.1) is 0 Å². The van der Waals surface area contributed by atoms with Crippen molar-refractivity contribution in [2.24, 2.45) is 0 Å². The number of aromatic nitrogens is 2. The van der Waals surface area contributed by atoms with Crippen LogP contribution < -0.4 is 4.90 Å². The van der Waals surface area contributed by atoms with Crippen LogP contribution in [0.25, 0.3) is 12.2 Å². The predicted octanol–water partition coefficient (Wildman–Crippen LogP) is 2.45. The van der Waals surface area contributed by atoms with E-state index in [1.165, 1.54) is 6.92 Å². The lowest BCUT2D eigenvalue weighted by Gasteiger charge is -2.19. The largest absolute Gasteiger partial charge is 0.508 e. The Kier molecular flexibility index (Phi) is 8.83. The molecule has 1 unspecified atom stereocenters. The number of pyridine rings is 2. The summed E-state index contributed by atoms with van der Waals surface area (Å²) in [6, 6.07) is 10.8. The van der Waals surface area contributed by atoms with E-state index in [1.54, 1.807) is 6.20 Å². The van der Waals surface area contributed by atoms with Gasteiger partial charge >= 0.3 is 12.1 Å². The fourth-order valence-corrected chi connectivity index (χ4v) is 3.19. The highest BCUT2D eigenvalue weighted by atomic mass is 16.7. The van der Waals surface area contributed by atoms with E-state index in [2.05, 4.69) is 9.97 Å². The molecule has 33 heavy (non-hydrogen) atoms. The molecule has 3 heterocycles. The van der Waals surface area contributed by atoms with E-state index in [9.17, 15) is 9.59 Å². The van der Waals surface area contributed by atoms with Crippen molar-refractivity contribution in [1.29, 1.82) is 0 Å². The molecule has 3 atom stereocenters. The number of nitrogens with zero attached hydrogens (tertiary/aromatic N) is 3. The summed E-state index contributed by atoms with van der Waals surface area (Å²) in [6.45, 7) is 1.69. The van der Waals surface area contributed by atoms with Gasteiger partial charge in [0, 0.05) is 32.6 Å². The lowest BCUT2D eigenvalue weighted by molar-refractivity contribution is -0.150. The summed E-state index contributed by atoms with van der Waals surface area (Å²) < 4.78 is 20.8. The average Bonchev–Trinajstić information content (AvgIpc) is 3.15. The number of hydrogen-bond donors (Lipinski definition) is 0. The summed E-state index contributed by atoms with van der Waals surface area (Å²) in [5, 5.41) is 0. The van der Waals surface area contributed by atoms with E-state index in [4.69, 9.17) is 26.8 Å². The summed E-state index contributed by atoms with van der Waals surface area (Å²) in [6.07, 6.45) is 3.83. The Morgan fingerprint density at radius 2 is 1.97 bits per heavy atom. The number of anilines is 1. The number of esters is 1. The summed E-state index contributed by atoms with van der Waals surface area (Å²) in [7, 11) is 7.57. The highest BCUT2D eigenvalue weighted by Crippen LogP contribution is 2.22. The highest BCUT2D eigenvalue weighted by Gasteiger charge is 2.36. The number of hydrogen-bond acceptors (Lipinski definition) is 9. The van der Waals surface area contributed by atoms with Crippen molar-refractivity contribution in [1.82, 2.24) is 9.97 Å². The van der Waals surface area contributed by atoms with E-state index < -0.39 is 30.3 Å². The van der Waals surface area contributed by atoms with Gasteiger partial charge in [0.05, 0.1) is 17.9 Å². The summed E-state index contributed by atoms with van der Waals surface area (Å²) in [5.41, 5.74) is 1.62. The number of rotatable bonds is 9. The molecule has 0 N–H and O–H groups in total. The minimum atomic E-state index is -0.839. The lowest BCUT2D eigenvalue weighted by Crippen LogP contribution is -2.32. The molecule has 1 fully saturated rings. The SMILES string of the molecule is [B][C@H]1CC(OC(C)=O)[C@@H](COC(=O)OCCN(C)c2cccc(/C=C/c3ccccn3)n2)O1. The quantitative estimate of drug-likeness (QED) is 0.420. The minimum Gasteiger partial charge on any atom is -0.460 e. The maximum atomic E-state index is 11.9. The first-order valence-electron chi connectivity index (χ1n) is 10.6. The third kappa shape index (κ3) is 7.91. The molecule has 0 aromatic carbocycles. The molecule has 3 rings (SSSR count). The summed E-state index contributed by atoms with van der Waals surface area (Å²) >= 11 is 0. The van der Waals surface area contributed by atoms with Crippen LogP contribution in [-0.2, 0) is 23.7 Å². The van der Waals surface area contributed by atoms with Gasteiger partial charge < -0.3 is 23.8 Å². The zero-order valence-electron chi connectivity index (χ0n) is 18.6. The van der Waals surface area contributed by atoms with Crippen LogP contribution >= 0.6 is 0 Å². The second-order valence-electron chi connectivity index (χ2n) is 7.44. The molecule has 1 saturated heterocycles. The Balaban J connectivity index is 1.41. The van der Waals surface area contributed by atoms with Crippen molar-refractivity contribution in [2.75, 3.05) is 31.7 Å². The molecule has 0 saturated carbocycles. The van der Waals surface area contributed by atoms with Crippen molar-refractivity contribution in [3.8, 4) is 0 Å². The Morgan fingerprint density at radius 3 is 2.73 bits per heavy atom. The van der Waals surface area contributed by atoms with Crippen molar-refractivity contribution < 1.29 is 28.5 Å². The topological polar surface area (TPSA) is 100 Å². The van der Waals surface area contributed by atoms with Crippen LogP contribution in [0.5, 0.6) is 0 Å². The lowest BCUT2D eigenvalue weighted by atomic mass is 9.96. The Bertz CT molecular complexity index is 958. The average molecular weight is 451 g/mol. The number of carbonyl (C=O) groups is 2. The van der Waals surface area contributed by atoms with Gasteiger partial charge in [0.2, 0.25) is 0 Å². The molecule has 2 radical (unpaired) electrons. The molecule has 0 bridgehead atoms. The van der Waals surface area contributed by atoms with E-state index >= 15 is 0 Å². The predicted molar refractivity (Wildman–Crippen MR) is 123 cm³/mol. The molecule has 1 aliphatic rings. The van der Waals surface area contributed by atoms with E-state index in [0.717, 1.165) is 17.2 Å². The Morgan fingerprint density at radius 1 is 1.18 bits per heavy atom. The van der Waals surface area contributed by atoms with Crippen molar-refractivity contribution in [2.45, 2.75) is 31.6 Å². The molecule has 9 nitrogen and oxygen atoms in total. The molecule has 0 aliphatic carbocycles. The second kappa shape index (κ2) is 12.0. The first kappa shape index (κ1) is 24.3. The maximum absolute atomic E-state index is 11.9. The molecule has 0 spiro atoms. The molecule has 2 aromatic heterocycles. The molecule has 1 aliphatic heterocycles. The van der Waals surface area contributed by atoms with Crippen molar-refractivity contribution in [3.63, 3.8) is 0 Å². The van der Waals surface area contributed by atoms with Crippen LogP contribution in [0.1, 0.15) is 24.7 Å². The second-order valence-corrected chi connectivity index (χ2v) is 7.44. The van der Waals surface area contributed by atoms with Crippen LogP contribution in [0.2, 0.25) is 0 Å². The van der Waals surface area contributed by atoms with Gasteiger partial charge in [0.25, 0.3) is 0 Å². The molecule has 2 aromatic rings. The summed E-state index contributed by atoms with van der Waals surface area (Å²) in [5.74, 6) is 0.283. The summed E-state index contributed by atoms with van der Waals surface area (Å²) in [4.78, 5) is 33.8. The van der Waals surface area contributed by atoms with Crippen molar-refractivity contribution in [3.05, 3.63) is 54.0 Å². The van der Waals surface area contributed by atoms with Crippen LogP contribution in [0, 0.1) is 0 Å². The number of carbonyl (C=O) groups excluding carboxylic acids is 2. The Hall–Kier alpha value is -3.40. The van der Waals surface area contributed by atoms with E-state index in [-0.39, 0.29) is 13.2 Å². The number of likely N-dealkylation sites (N-methyl/N-ethyl adjacent to an activating group) is 1. The zero-order valence-corrected chi connectivity index (χ0v) is 18.6. The third-order valence-corrected chi connectivity index (χ3v) is 4.82. The highest BCUT2D eigenvalue weighted by molar-refractivity contribution is 6.11. The molecule has 0 amide bonds. The van der Waals surface area contributed by atoms with Gasteiger partial charge in [-0.25, -0.2) is 9.78 Å². The molecular weight excluding hydrogens is 425 g/mol. The standard InChI is InChI=1S/C23H26BN3O6/c1-16(28)32-19-14-21(24)33-20(19)15-31-23(29)30-13-12-27(2)22-8-5-7-18(26-22)10-9-17-6-3-4-11-25-17/h3-11,19-21H,12-15H2,1-2H3/b10-9+/t19?,20-,21-/m1/s1. The molecule has 172 valence electrons. The first-order valence-corrected chi connectivity index (χ1v) is 10.6. The smallest absolute Gasteiger partial charge is 0.460 e. The van der Waals surface area contributed by atoms with Gasteiger partial charge in [-0.05, 0) is 36.4 Å². The maximum Gasteiger partial charge on any atom is 0.508 e. The van der Waals surface area contributed by atoms with Crippen LogP contribution in [0.4, 0.5) is 10.6 Å². The van der Waals surface area contributed by atoms with Crippen LogP contribution in [-0.4, -0.2) is 75.0 Å². The van der Waals surface area contributed by atoms with Crippen molar-refractivity contribution >= 4 is 37.9 Å². The fourth-order valence-electron chi connectivity index (χ4n) is 3.19. The normalized spacial score (nSPS) is 19.9. The van der Waals surface area contributed by atoms with Gasteiger partial charge in [0.15, 0.2) is 0 Å². The van der Waals surface area contributed by atoms with E-state index in [1.807, 2.05) is 60.5 Å². The zero-order chi connectivity index (χ0) is 23.6. The Labute approximate surface area is 194 Å². The minimum absolute atomic E-state index is 0.101. The third-order valence-electron chi connectivity index (χ3n) is 4.82. The van der Waals surface area contributed by atoms with Gasteiger partial charge in [-0.2, -0.15) is 0 Å². The molecule has 10 heteroatoms. The van der Waals surface area contributed by atoms with Crippen LogP contribution in [0.3, 0.4) is 0 Å². The van der Waals surface area contributed by atoms with E-state index in [0.29, 0.717) is 13.0 Å². The monoisotopic (exact) mass is 451 g/mol. The van der Waals surface area contributed by atoms with Gasteiger partial charge in [-0.3, -0.25) is 9.78 Å². The molecular formula is C23H26BN3O6. The first-order chi connectivity index (χ1) is 15.9. The van der Waals surface area contributed by atoms with Gasteiger partial charge in [-0.1, -0.05) is 12.1 Å². The number of ether oxygens (including phenoxy) is 4.